The molecule has 1 aromatic rings. The largest absolute Gasteiger partial charge is 0.390 e. The summed E-state index contributed by atoms with van der Waals surface area (Å²) in [5.41, 5.74) is -0.837. The van der Waals surface area contributed by atoms with Crippen molar-refractivity contribution in [2.45, 2.75) is 49.0 Å². The monoisotopic (exact) mass is 331 g/mol. The molecule has 4 bridgehead atoms. The Balaban J connectivity index is 1.32. The lowest BCUT2D eigenvalue weighted by Crippen LogP contribution is -2.60. The number of hydrogen-bond donors (Lipinski definition) is 2. The van der Waals surface area contributed by atoms with Gasteiger partial charge in [-0.2, -0.15) is 0 Å². The highest BCUT2D eigenvalue weighted by molar-refractivity contribution is 7.99. The van der Waals surface area contributed by atoms with E-state index in [0.717, 1.165) is 31.4 Å². The number of hydrogen-bond acceptors (Lipinski definition) is 3. The van der Waals surface area contributed by atoms with Crippen LogP contribution in [0.15, 0.2) is 35.2 Å². The van der Waals surface area contributed by atoms with E-state index >= 15 is 0 Å². The molecule has 1 aromatic carbocycles. The number of rotatable bonds is 5. The van der Waals surface area contributed by atoms with E-state index in [1.807, 2.05) is 18.2 Å². The molecule has 4 aliphatic carbocycles. The Morgan fingerprint density at radius 1 is 1.17 bits per heavy atom. The van der Waals surface area contributed by atoms with Gasteiger partial charge in [-0.05, 0) is 62.5 Å². The van der Waals surface area contributed by atoms with Gasteiger partial charge in [0.1, 0.15) is 0 Å². The van der Waals surface area contributed by atoms with Crippen molar-refractivity contribution in [3.05, 3.63) is 30.3 Å². The molecule has 0 spiro atoms. The van der Waals surface area contributed by atoms with E-state index in [0.29, 0.717) is 24.8 Å². The molecule has 0 aliphatic heterocycles. The summed E-state index contributed by atoms with van der Waals surface area (Å²) in [7, 11) is 0. The van der Waals surface area contributed by atoms with Crippen molar-refractivity contribution in [3.8, 4) is 0 Å². The molecule has 4 aliphatic rings. The number of aliphatic hydroxyl groups is 1. The number of amides is 1. The molecular weight excluding hydrogens is 306 g/mol. The van der Waals surface area contributed by atoms with E-state index in [9.17, 15) is 9.90 Å². The minimum Gasteiger partial charge on any atom is -0.390 e. The average Bonchev–Trinajstić information content (AvgIpc) is 2.50. The van der Waals surface area contributed by atoms with Crippen LogP contribution in [0, 0.1) is 17.3 Å². The molecule has 4 heteroatoms. The molecule has 0 heterocycles. The zero-order valence-electron chi connectivity index (χ0n) is 13.5. The summed E-state index contributed by atoms with van der Waals surface area (Å²) in [6.45, 7) is 0.702. The first kappa shape index (κ1) is 15.5. The Bertz CT molecular complexity index is 574. The first-order valence-corrected chi connectivity index (χ1v) is 9.74. The van der Waals surface area contributed by atoms with Crippen molar-refractivity contribution in [1.29, 1.82) is 0 Å². The van der Waals surface area contributed by atoms with Crippen LogP contribution in [-0.2, 0) is 4.79 Å². The molecular formula is C19H25NO2S. The van der Waals surface area contributed by atoms with Crippen LogP contribution >= 0.6 is 11.8 Å². The quantitative estimate of drug-likeness (QED) is 0.643. The summed E-state index contributed by atoms with van der Waals surface area (Å²) in [6.07, 6.45) is 5.73. The SMILES string of the molecule is O=C(NCCSc1ccccc1)C12CC3CC(CC(O)(C3)C1)C2. The fourth-order valence-electron chi connectivity index (χ4n) is 5.52. The predicted octanol–water partition coefficient (Wildman–Crippen LogP) is 3.23. The lowest BCUT2D eigenvalue weighted by molar-refractivity contribution is -0.178. The highest BCUT2D eigenvalue weighted by atomic mass is 32.2. The number of thioether (sulfide) groups is 1. The number of carbonyl (C=O) groups is 1. The highest BCUT2D eigenvalue weighted by Gasteiger charge is 2.59. The van der Waals surface area contributed by atoms with Gasteiger partial charge in [0.2, 0.25) is 5.91 Å². The maximum atomic E-state index is 12.8. The van der Waals surface area contributed by atoms with E-state index in [1.54, 1.807) is 11.8 Å². The summed E-state index contributed by atoms with van der Waals surface area (Å²) in [6, 6.07) is 10.3. The maximum absolute atomic E-state index is 12.8. The van der Waals surface area contributed by atoms with Gasteiger partial charge in [-0.1, -0.05) is 18.2 Å². The Labute approximate surface area is 142 Å². The summed E-state index contributed by atoms with van der Waals surface area (Å²) in [4.78, 5) is 14.1. The Hall–Kier alpha value is -1.00. The van der Waals surface area contributed by atoms with Crippen molar-refractivity contribution < 1.29 is 9.90 Å². The van der Waals surface area contributed by atoms with Gasteiger partial charge >= 0.3 is 0 Å². The second-order valence-corrected chi connectivity index (χ2v) is 9.05. The van der Waals surface area contributed by atoms with Gasteiger partial charge in [0.05, 0.1) is 11.0 Å². The molecule has 4 saturated carbocycles. The molecule has 23 heavy (non-hydrogen) atoms. The Morgan fingerprint density at radius 3 is 2.52 bits per heavy atom. The van der Waals surface area contributed by atoms with Crippen LogP contribution in [0.5, 0.6) is 0 Å². The first-order chi connectivity index (χ1) is 11.1. The highest BCUT2D eigenvalue weighted by Crippen LogP contribution is 2.61. The van der Waals surface area contributed by atoms with E-state index in [2.05, 4.69) is 17.4 Å². The normalized spacial score (nSPS) is 37.8. The molecule has 0 saturated heterocycles. The molecule has 3 nitrogen and oxygen atoms in total. The van der Waals surface area contributed by atoms with Gasteiger partial charge in [0.15, 0.2) is 0 Å². The Kier molecular flexibility index (Phi) is 3.93. The molecule has 4 fully saturated rings. The van der Waals surface area contributed by atoms with Gasteiger partial charge in [-0.3, -0.25) is 4.79 Å². The zero-order valence-corrected chi connectivity index (χ0v) is 14.3. The number of benzene rings is 1. The van der Waals surface area contributed by atoms with Crippen LogP contribution in [0.2, 0.25) is 0 Å². The molecule has 5 rings (SSSR count). The van der Waals surface area contributed by atoms with Gasteiger partial charge in [0.25, 0.3) is 0 Å². The fraction of sp³-hybridized carbons (Fsp3) is 0.632. The third-order valence-corrected chi connectivity index (χ3v) is 6.93. The lowest BCUT2D eigenvalue weighted by atomic mass is 9.47. The summed E-state index contributed by atoms with van der Waals surface area (Å²) in [5, 5.41) is 13.9. The molecule has 2 atom stereocenters. The van der Waals surface area contributed by atoms with Gasteiger partial charge < -0.3 is 10.4 Å². The van der Waals surface area contributed by atoms with Crippen molar-refractivity contribution >= 4 is 17.7 Å². The third kappa shape index (κ3) is 3.03. The van der Waals surface area contributed by atoms with Gasteiger partial charge in [-0.25, -0.2) is 0 Å². The van der Waals surface area contributed by atoms with Gasteiger partial charge in [0, 0.05) is 17.2 Å². The van der Waals surface area contributed by atoms with E-state index in [4.69, 9.17) is 0 Å². The van der Waals surface area contributed by atoms with Crippen LogP contribution in [0.25, 0.3) is 0 Å². The molecule has 124 valence electrons. The van der Waals surface area contributed by atoms with E-state index in [1.165, 1.54) is 11.3 Å². The molecule has 2 N–H and O–H groups in total. The topological polar surface area (TPSA) is 49.3 Å². The van der Waals surface area contributed by atoms with Crippen molar-refractivity contribution in [3.63, 3.8) is 0 Å². The smallest absolute Gasteiger partial charge is 0.226 e. The number of carbonyl (C=O) groups excluding carboxylic acids is 1. The molecule has 0 radical (unpaired) electrons. The molecule has 1 amide bonds. The minimum atomic E-state index is -0.555. The van der Waals surface area contributed by atoms with Gasteiger partial charge in [-0.15, -0.1) is 11.8 Å². The lowest BCUT2D eigenvalue weighted by Gasteiger charge is -2.59. The standard InChI is InChI=1S/C19H25NO2S/c21-17(20-6-7-23-16-4-2-1-3-5-16)18-9-14-8-15(10-18)12-19(22,11-14)13-18/h1-5,14-15,22H,6-13H2,(H,20,21). The first-order valence-electron chi connectivity index (χ1n) is 8.76. The maximum Gasteiger partial charge on any atom is 0.226 e. The summed E-state index contributed by atoms with van der Waals surface area (Å²) in [5.74, 6) is 2.21. The summed E-state index contributed by atoms with van der Waals surface area (Å²) >= 11 is 1.77. The van der Waals surface area contributed by atoms with Crippen molar-refractivity contribution in [2.75, 3.05) is 12.3 Å². The second-order valence-electron chi connectivity index (χ2n) is 7.88. The van der Waals surface area contributed by atoms with Crippen LogP contribution in [0.3, 0.4) is 0 Å². The molecule has 0 aromatic heterocycles. The van der Waals surface area contributed by atoms with Crippen LogP contribution in [0.4, 0.5) is 0 Å². The fourth-order valence-corrected chi connectivity index (χ4v) is 6.31. The van der Waals surface area contributed by atoms with Crippen molar-refractivity contribution in [1.82, 2.24) is 5.32 Å². The van der Waals surface area contributed by atoms with Crippen LogP contribution < -0.4 is 5.32 Å². The van der Waals surface area contributed by atoms with Crippen LogP contribution in [0.1, 0.15) is 38.5 Å². The van der Waals surface area contributed by atoms with Crippen LogP contribution in [-0.4, -0.2) is 28.9 Å². The second kappa shape index (κ2) is 5.82. The van der Waals surface area contributed by atoms with Crippen molar-refractivity contribution in [2.24, 2.45) is 17.3 Å². The average molecular weight is 331 g/mol. The van der Waals surface area contributed by atoms with E-state index in [-0.39, 0.29) is 11.3 Å². The number of nitrogens with one attached hydrogen (secondary N) is 1. The molecule has 2 unspecified atom stereocenters. The van der Waals surface area contributed by atoms with E-state index < -0.39 is 5.60 Å². The predicted molar refractivity (Wildman–Crippen MR) is 92.2 cm³/mol. The summed E-state index contributed by atoms with van der Waals surface area (Å²) < 4.78 is 0. The third-order valence-electron chi connectivity index (χ3n) is 5.91. The Morgan fingerprint density at radius 2 is 1.87 bits per heavy atom. The minimum absolute atomic E-state index is 0.193. The zero-order chi connectivity index (χ0) is 15.9.